The first-order valence-electron chi connectivity index (χ1n) is 9.41. The summed E-state index contributed by atoms with van der Waals surface area (Å²) in [5.74, 6) is 10.1. The Kier molecular flexibility index (Phi) is 8.35. The van der Waals surface area contributed by atoms with Gasteiger partial charge in [0.1, 0.15) is 11.7 Å². The summed E-state index contributed by atoms with van der Waals surface area (Å²) in [6.07, 6.45) is 0. The van der Waals surface area contributed by atoms with E-state index in [1.54, 1.807) is 72.8 Å². The molecule has 11 heteroatoms. The van der Waals surface area contributed by atoms with Crippen LogP contribution in [0.15, 0.2) is 83.0 Å². The van der Waals surface area contributed by atoms with Gasteiger partial charge in [0.2, 0.25) is 0 Å². The predicted molar refractivity (Wildman–Crippen MR) is 132 cm³/mol. The zero-order valence-corrected chi connectivity index (χ0v) is 18.2. The lowest BCUT2D eigenvalue weighted by Gasteiger charge is -2.08. The van der Waals surface area contributed by atoms with Crippen molar-refractivity contribution in [3.63, 3.8) is 0 Å². The van der Waals surface area contributed by atoms with Crippen LogP contribution in [0.5, 0.6) is 0 Å². The van der Waals surface area contributed by atoms with Crippen molar-refractivity contribution < 1.29 is 9.59 Å². The highest BCUT2D eigenvalue weighted by molar-refractivity contribution is 6.07. The van der Waals surface area contributed by atoms with E-state index >= 15 is 0 Å². The molecule has 10 N–H and O–H groups in total. The average molecular weight is 467 g/mol. The number of carbonyl (C=O) groups is 2. The third-order valence-corrected chi connectivity index (χ3v) is 4.56. The van der Waals surface area contributed by atoms with Gasteiger partial charge in [0.05, 0.1) is 0 Å². The smallest absolute Gasteiger partial charge is 0.255 e. The van der Waals surface area contributed by atoms with E-state index in [4.69, 9.17) is 23.2 Å². The number of carbonyl (C=O) groups excluding carboxylic acids is 2. The van der Waals surface area contributed by atoms with Crippen LogP contribution in [0.4, 0.5) is 11.4 Å². The molecule has 0 heterocycles. The van der Waals surface area contributed by atoms with Crippen molar-refractivity contribution in [1.29, 1.82) is 0 Å². The van der Waals surface area contributed by atoms with Gasteiger partial charge >= 0.3 is 0 Å². The second-order valence-electron chi connectivity index (χ2n) is 6.67. The molecule has 0 spiro atoms. The number of hydrogen-bond acceptors (Lipinski definition) is 6. The number of amidine groups is 2. The normalized spacial score (nSPS) is 11.3. The molecule has 0 aromatic heterocycles. The summed E-state index contributed by atoms with van der Waals surface area (Å²) < 4.78 is 0. The molecule has 3 aromatic rings. The van der Waals surface area contributed by atoms with Crippen molar-refractivity contribution >= 4 is 47.3 Å². The topological polar surface area (TPSA) is 187 Å². The first kappa shape index (κ1) is 24.7. The van der Waals surface area contributed by atoms with Gasteiger partial charge in [0, 0.05) is 33.6 Å². The minimum Gasteiger partial charge on any atom is -0.382 e. The Bertz CT molecular complexity index is 1080. The van der Waals surface area contributed by atoms with E-state index in [1.807, 2.05) is 0 Å². The summed E-state index contributed by atoms with van der Waals surface area (Å²) >= 11 is 0. The summed E-state index contributed by atoms with van der Waals surface area (Å²) in [6, 6.07) is 19.8. The highest BCUT2D eigenvalue weighted by atomic mass is 35.5. The Balaban J connectivity index is 0.00000385. The molecule has 0 fully saturated rings. The van der Waals surface area contributed by atoms with Gasteiger partial charge in [-0.3, -0.25) is 9.59 Å². The molecule has 0 aliphatic rings. The molecule has 0 unspecified atom stereocenters. The lowest BCUT2D eigenvalue weighted by Crippen LogP contribution is -2.16. The van der Waals surface area contributed by atoms with Crippen LogP contribution in [-0.4, -0.2) is 23.5 Å². The Morgan fingerprint density at radius 2 is 0.818 bits per heavy atom. The van der Waals surface area contributed by atoms with Crippen LogP contribution >= 0.6 is 12.4 Å². The van der Waals surface area contributed by atoms with Gasteiger partial charge in [-0.1, -0.05) is 0 Å². The van der Waals surface area contributed by atoms with E-state index in [9.17, 15) is 9.59 Å². The number of hydrazone groups is 2. The highest BCUT2D eigenvalue weighted by Gasteiger charge is 2.10. The molecule has 0 saturated heterocycles. The Labute approximate surface area is 196 Å². The molecule has 170 valence electrons. The minimum absolute atomic E-state index is 0. The maximum absolute atomic E-state index is 12.5. The number of halogens is 1. The number of nitrogens with one attached hydrogen (secondary N) is 2. The van der Waals surface area contributed by atoms with E-state index < -0.39 is 0 Å². The zero-order valence-electron chi connectivity index (χ0n) is 17.4. The molecule has 0 radical (unpaired) electrons. The van der Waals surface area contributed by atoms with Crippen LogP contribution < -0.4 is 33.8 Å². The monoisotopic (exact) mass is 466 g/mol. The third-order valence-electron chi connectivity index (χ3n) is 4.56. The van der Waals surface area contributed by atoms with Crippen LogP contribution in [0.2, 0.25) is 0 Å². The molecule has 33 heavy (non-hydrogen) atoms. The number of rotatable bonds is 6. The number of anilines is 2. The van der Waals surface area contributed by atoms with E-state index in [-0.39, 0.29) is 35.9 Å². The van der Waals surface area contributed by atoms with Gasteiger partial charge < -0.3 is 33.8 Å². The fourth-order valence-corrected chi connectivity index (χ4v) is 2.78. The summed E-state index contributed by atoms with van der Waals surface area (Å²) in [5, 5.41) is 12.4. The van der Waals surface area contributed by atoms with Crippen LogP contribution in [0.1, 0.15) is 31.8 Å². The van der Waals surface area contributed by atoms with Gasteiger partial charge in [0.15, 0.2) is 0 Å². The quantitative estimate of drug-likeness (QED) is 0.139. The number of amides is 2. The van der Waals surface area contributed by atoms with Crippen LogP contribution in [0, 0.1) is 0 Å². The summed E-state index contributed by atoms with van der Waals surface area (Å²) in [7, 11) is 0. The Hall–Kier alpha value is -4.57. The highest BCUT2D eigenvalue weighted by Crippen LogP contribution is 2.14. The second kappa shape index (κ2) is 11.2. The zero-order chi connectivity index (χ0) is 23.1. The van der Waals surface area contributed by atoms with E-state index in [1.165, 1.54) is 0 Å². The number of hydrogen-bond donors (Lipinski definition) is 6. The molecule has 3 rings (SSSR count). The van der Waals surface area contributed by atoms with Crippen LogP contribution in [0.25, 0.3) is 0 Å². The first-order valence-corrected chi connectivity index (χ1v) is 9.41. The van der Waals surface area contributed by atoms with Crippen molar-refractivity contribution in [1.82, 2.24) is 0 Å². The largest absolute Gasteiger partial charge is 0.382 e. The molecule has 0 bridgehead atoms. The van der Waals surface area contributed by atoms with Gasteiger partial charge in [0.25, 0.3) is 11.8 Å². The van der Waals surface area contributed by atoms with E-state index in [2.05, 4.69) is 20.8 Å². The fraction of sp³-hybridized carbons (Fsp3) is 0. The van der Waals surface area contributed by atoms with Crippen molar-refractivity contribution in [2.24, 2.45) is 33.4 Å². The van der Waals surface area contributed by atoms with E-state index in [0.29, 0.717) is 33.6 Å². The molecule has 0 aliphatic heterocycles. The number of nitrogens with zero attached hydrogens (tertiary/aromatic N) is 2. The molecule has 10 nitrogen and oxygen atoms in total. The van der Waals surface area contributed by atoms with Crippen molar-refractivity contribution in [3.05, 3.63) is 95.1 Å². The molecular formula is C22H23ClN8O2. The summed E-state index contributed by atoms with van der Waals surface area (Å²) in [4.78, 5) is 24.9. The average Bonchev–Trinajstić information content (AvgIpc) is 2.84. The van der Waals surface area contributed by atoms with Crippen molar-refractivity contribution in [2.75, 3.05) is 10.6 Å². The maximum Gasteiger partial charge on any atom is 0.255 e. The van der Waals surface area contributed by atoms with Crippen molar-refractivity contribution in [3.8, 4) is 0 Å². The molecule has 2 amide bonds. The van der Waals surface area contributed by atoms with E-state index in [0.717, 1.165) is 0 Å². The van der Waals surface area contributed by atoms with Gasteiger partial charge in [-0.05, 0) is 72.8 Å². The van der Waals surface area contributed by atoms with Crippen LogP contribution in [0.3, 0.4) is 0 Å². The van der Waals surface area contributed by atoms with Gasteiger partial charge in [-0.25, -0.2) is 0 Å². The predicted octanol–water partition coefficient (Wildman–Crippen LogP) is 1.77. The lowest BCUT2D eigenvalue weighted by molar-refractivity contribution is 0.101. The second-order valence-corrected chi connectivity index (χ2v) is 6.67. The molecular weight excluding hydrogens is 444 g/mol. The SMILES string of the molecule is Cl.N/N=C(\N)c1ccc(NC(=O)c2ccc(C(=O)Nc3ccc(/C(N)=N/N)cc3)cc2)cc1. The Morgan fingerprint density at radius 1 is 0.545 bits per heavy atom. The summed E-state index contributed by atoms with van der Waals surface area (Å²) in [5.41, 5.74) is 14.5. The Morgan fingerprint density at radius 3 is 1.09 bits per heavy atom. The lowest BCUT2D eigenvalue weighted by atomic mass is 10.1. The summed E-state index contributed by atoms with van der Waals surface area (Å²) in [6.45, 7) is 0. The van der Waals surface area contributed by atoms with Crippen molar-refractivity contribution in [2.45, 2.75) is 0 Å². The molecule has 0 saturated carbocycles. The van der Waals surface area contributed by atoms with Gasteiger partial charge in [-0.2, -0.15) is 10.2 Å². The minimum atomic E-state index is -0.320. The van der Waals surface area contributed by atoms with Gasteiger partial charge in [-0.15, -0.1) is 12.4 Å². The number of benzene rings is 3. The fourth-order valence-electron chi connectivity index (χ4n) is 2.78. The maximum atomic E-state index is 12.5. The number of nitrogens with two attached hydrogens (primary N) is 4. The third kappa shape index (κ3) is 6.21. The molecule has 3 aromatic carbocycles. The molecule has 0 aliphatic carbocycles. The first-order chi connectivity index (χ1) is 15.4. The molecule has 0 atom stereocenters. The van der Waals surface area contributed by atoms with Crippen LogP contribution in [-0.2, 0) is 0 Å². The standard InChI is InChI=1S/C22H22N8O2.ClH/c23-19(29-25)13-5-9-17(10-6-13)27-21(31)15-1-2-16(4-3-15)22(32)28-18-11-7-14(8-12-18)20(24)30-26;/h1-12H,25-26H2,(H2,23,29)(H2,24,30)(H,27,31)(H,28,32);1H.